The monoisotopic (exact) mass is 235 g/mol. The van der Waals surface area contributed by atoms with E-state index in [1.807, 2.05) is 24.3 Å². The van der Waals surface area contributed by atoms with Gasteiger partial charge in [-0.2, -0.15) is 0 Å². The fraction of sp³-hybridized carbons (Fsp3) is 0.571. The minimum absolute atomic E-state index is 0.482. The Balaban J connectivity index is 1.55. The fourth-order valence-electron chi connectivity index (χ4n) is 2.09. The first-order valence-electron chi connectivity index (χ1n) is 6.38. The summed E-state index contributed by atoms with van der Waals surface area (Å²) >= 11 is 0. The van der Waals surface area contributed by atoms with Gasteiger partial charge in [-0.25, -0.2) is 0 Å². The molecule has 1 aliphatic rings. The second kappa shape index (κ2) is 6.62. The predicted octanol–water partition coefficient (Wildman–Crippen LogP) is 2.74. The Morgan fingerprint density at radius 2 is 2.12 bits per heavy atom. The molecule has 3 heteroatoms. The van der Waals surface area contributed by atoms with Gasteiger partial charge in [-0.3, -0.25) is 0 Å². The van der Waals surface area contributed by atoms with E-state index in [2.05, 4.69) is 0 Å². The highest BCUT2D eigenvalue weighted by Crippen LogP contribution is 2.16. The molecule has 1 saturated heterocycles. The zero-order chi connectivity index (χ0) is 11.9. The van der Waals surface area contributed by atoms with Gasteiger partial charge >= 0.3 is 0 Å². The molecule has 1 aromatic rings. The average Bonchev–Trinajstić information content (AvgIpc) is 2.84. The third-order valence-electron chi connectivity index (χ3n) is 3.09. The number of ether oxygens (including phenoxy) is 2. The van der Waals surface area contributed by atoms with Crippen molar-refractivity contribution < 1.29 is 9.47 Å². The van der Waals surface area contributed by atoms with Crippen LogP contribution < -0.4 is 5.73 Å². The SMILES string of the molecule is Nc1ccc(COCCCC2CCCO2)cc1. The lowest BCUT2D eigenvalue weighted by Crippen LogP contribution is -2.06. The summed E-state index contributed by atoms with van der Waals surface area (Å²) in [6.45, 7) is 2.42. The molecule has 3 nitrogen and oxygen atoms in total. The van der Waals surface area contributed by atoms with Crippen LogP contribution in [0, 0.1) is 0 Å². The summed E-state index contributed by atoms with van der Waals surface area (Å²) in [6, 6.07) is 7.83. The fourth-order valence-corrected chi connectivity index (χ4v) is 2.09. The highest BCUT2D eigenvalue weighted by atomic mass is 16.5. The first-order valence-corrected chi connectivity index (χ1v) is 6.38. The summed E-state index contributed by atoms with van der Waals surface area (Å²) < 4.78 is 11.2. The lowest BCUT2D eigenvalue weighted by molar-refractivity contribution is 0.0773. The van der Waals surface area contributed by atoms with Crippen molar-refractivity contribution in [2.75, 3.05) is 18.9 Å². The predicted molar refractivity (Wildman–Crippen MR) is 68.7 cm³/mol. The van der Waals surface area contributed by atoms with Gasteiger partial charge in [0.1, 0.15) is 0 Å². The van der Waals surface area contributed by atoms with Crippen LogP contribution in [0.4, 0.5) is 5.69 Å². The van der Waals surface area contributed by atoms with Crippen molar-refractivity contribution in [2.24, 2.45) is 0 Å². The average molecular weight is 235 g/mol. The Kier molecular flexibility index (Phi) is 4.83. The van der Waals surface area contributed by atoms with Crippen molar-refractivity contribution >= 4 is 5.69 Å². The number of nitrogen functional groups attached to an aromatic ring is 1. The smallest absolute Gasteiger partial charge is 0.0716 e. The van der Waals surface area contributed by atoms with Crippen LogP contribution in [0.2, 0.25) is 0 Å². The van der Waals surface area contributed by atoms with Crippen molar-refractivity contribution in [3.05, 3.63) is 29.8 Å². The normalized spacial score (nSPS) is 19.6. The molecule has 1 aromatic carbocycles. The van der Waals surface area contributed by atoms with Crippen molar-refractivity contribution in [1.29, 1.82) is 0 Å². The number of benzene rings is 1. The minimum atomic E-state index is 0.482. The van der Waals surface area contributed by atoms with Gasteiger partial charge in [-0.05, 0) is 43.4 Å². The molecule has 0 amide bonds. The Morgan fingerprint density at radius 3 is 2.82 bits per heavy atom. The number of hydrogen-bond acceptors (Lipinski definition) is 3. The van der Waals surface area contributed by atoms with E-state index in [4.69, 9.17) is 15.2 Å². The first-order chi connectivity index (χ1) is 8.34. The summed E-state index contributed by atoms with van der Waals surface area (Å²) in [5, 5.41) is 0. The second-order valence-corrected chi connectivity index (χ2v) is 4.57. The van der Waals surface area contributed by atoms with E-state index in [-0.39, 0.29) is 0 Å². The summed E-state index contributed by atoms with van der Waals surface area (Å²) in [5.74, 6) is 0. The summed E-state index contributed by atoms with van der Waals surface area (Å²) in [4.78, 5) is 0. The van der Waals surface area contributed by atoms with Crippen LogP contribution in [-0.2, 0) is 16.1 Å². The van der Waals surface area contributed by atoms with Gasteiger partial charge in [0.15, 0.2) is 0 Å². The second-order valence-electron chi connectivity index (χ2n) is 4.57. The third-order valence-corrected chi connectivity index (χ3v) is 3.09. The van der Waals surface area contributed by atoms with E-state index < -0.39 is 0 Å². The molecule has 0 radical (unpaired) electrons. The van der Waals surface area contributed by atoms with Crippen LogP contribution in [0.1, 0.15) is 31.2 Å². The molecule has 17 heavy (non-hydrogen) atoms. The van der Waals surface area contributed by atoms with Crippen molar-refractivity contribution in [3.8, 4) is 0 Å². The van der Waals surface area contributed by atoms with Gasteiger partial charge in [0, 0.05) is 18.9 Å². The Bertz CT molecular complexity index is 317. The summed E-state index contributed by atoms with van der Waals surface area (Å²) in [6.07, 6.45) is 5.13. The molecule has 0 bridgehead atoms. The van der Waals surface area contributed by atoms with E-state index in [0.29, 0.717) is 12.7 Å². The first kappa shape index (κ1) is 12.4. The van der Waals surface area contributed by atoms with E-state index in [1.165, 1.54) is 18.4 Å². The topological polar surface area (TPSA) is 44.5 Å². The van der Waals surface area contributed by atoms with Crippen LogP contribution in [0.3, 0.4) is 0 Å². The maximum absolute atomic E-state index is 5.62. The van der Waals surface area contributed by atoms with E-state index >= 15 is 0 Å². The van der Waals surface area contributed by atoms with Crippen LogP contribution in [-0.4, -0.2) is 19.3 Å². The molecule has 2 N–H and O–H groups in total. The van der Waals surface area contributed by atoms with Crippen LogP contribution in [0.5, 0.6) is 0 Å². The largest absolute Gasteiger partial charge is 0.399 e. The molecule has 1 fully saturated rings. The molecule has 2 rings (SSSR count). The molecule has 94 valence electrons. The number of anilines is 1. The molecule has 1 atom stereocenters. The van der Waals surface area contributed by atoms with Crippen molar-refractivity contribution in [2.45, 2.75) is 38.4 Å². The molecule has 0 aromatic heterocycles. The zero-order valence-corrected chi connectivity index (χ0v) is 10.2. The molecular weight excluding hydrogens is 214 g/mol. The summed E-state index contributed by atoms with van der Waals surface area (Å²) in [5.41, 5.74) is 7.59. The van der Waals surface area contributed by atoms with Crippen LogP contribution in [0.15, 0.2) is 24.3 Å². The number of nitrogens with two attached hydrogens (primary N) is 1. The zero-order valence-electron chi connectivity index (χ0n) is 10.2. The van der Waals surface area contributed by atoms with Crippen LogP contribution >= 0.6 is 0 Å². The highest BCUT2D eigenvalue weighted by molar-refractivity contribution is 5.39. The van der Waals surface area contributed by atoms with Crippen LogP contribution in [0.25, 0.3) is 0 Å². The molecule has 1 aliphatic heterocycles. The van der Waals surface area contributed by atoms with Gasteiger partial charge in [0.25, 0.3) is 0 Å². The molecule has 0 spiro atoms. The highest BCUT2D eigenvalue weighted by Gasteiger charge is 2.14. The van der Waals surface area contributed by atoms with E-state index in [0.717, 1.165) is 31.7 Å². The Labute approximate surface area is 103 Å². The van der Waals surface area contributed by atoms with Gasteiger partial charge in [-0.15, -0.1) is 0 Å². The van der Waals surface area contributed by atoms with Crippen molar-refractivity contribution in [3.63, 3.8) is 0 Å². The molecule has 1 unspecified atom stereocenters. The molecule has 1 heterocycles. The maximum Gasteiger partial charge on any atom is 0.0716 e. The quantitative estimate of drug-likeness (QED) is 0.609. The Morgan fingerprint density at radius 1 is 1.29 bits per heavy atom. The number of hydrogen-bond donors (Lipinski definition) is 1. The van der Waals surface area contributed by atoms with Gasteiger partial charge in [-0.1, -0.05) is 12.1 Å². The Hall–Kier alpha value is -1.06. The van der Waals surface area contributed by atoms with E-state index in [9.17, 15) is 0 Å². The van der Waals surface area contributed by atoms with Gasteiger partial charge in [0.05, 0.1) is 12.7 Å². The lowest BCUT2D eigenvalue weighted by atomic mass is 10.1. The molecule has 0 aliphatic carbocycles. The van der Waals surface area contributed by atoms with Gasteiger partial charge < -0.3 is 15.2 Å². The molecule has 0 saturated carbocycles. The van der Waals surface area contributed by atoms with Crippen molar-refractivity contribution in [1.82, 2.24) is 0 Å². The van der Waals surface area contributed by atoms with E-state index in [1.54, 1.807) is 0 Å². The molecular formula is C14H21NO2. The standard InChI is InChI=1S/C14H21NO2/c15-13-7-5-12(6-8-13)11-16-9-1-3-14-4-2-10-17-14/h5-8,14H,1-4,9-11,15H2. The maximum atomic E-state index is 5.62. The minimum Gasteiger partial charge on any atom is -0.399 e. The van der Waals surface area contributed by atoms with Gasteiger partial charge in [0.2, 0.25) is 0 Å². The third kappa shape index (κ3) is 4.36. The summed E-state index contributed by atoms with van der Waals surface area (Å²) in [7, 11) is 0. The number of rotatable bonds is 6. The lowest BCUT2D eigenvalue weighted by Gasteiger charge is -2.09.